The second-order valence-corrected chi connectivity index (χ2v) is 10.0. The zero-order valence-corrected chi connectivity index (χ0v) is 16.0. The number of fused-ring (bicyclic) bond motifs is 2. The molecule has 2 aliphatic heterocycles. The van der Waals surface area contributed by atoms with E-state index in [-0.39, 0.29) is 12.2 Å². The number of carbonyl (C=O) groups is 1. The second kappa shape index (κ2) is 5.83. The maximum Gasteiger partial charge on any atom is 0.448 e. The minimum Gasteiger partial charge on any atom is -0.449 e. The molecule has 0 bridgehead atoms. The molecule has 27 heavy (non-hydrogen) atoms. The van der Waals surface area contributed by atoms with E-state index in [1.807, 2.05) is 73.1 Å². The van der Waals surface area contributed by atoms with Gasteiger partial charge in [-0.25, -0.2) is 4.79 Å². The molecule has 1 amide bonds. The number of ether oxygens (including phenoxy) is 2. The van der Waals surface area contributed by atoms with E-state index in [0.717, 1.165) is 33.1 Å². The Morgan fingerprint density at radius 1 is 0.926 bits per heavy atom. The lowest BCUT2D eigenvalue weighted by Gasteiger charge is -2.46. The van der Waals surface area contributed by atoms with E-state index in [2.05, 4.69) is 18.2 Å². The number of anilines is 1. The molecule has 5 rings (SSSR count). The highest BCUT2D eigenvalue weighted by atomic mass is 31.2. The van der Waals surface area contributed by atoms with Crippen LogP contribution < -0.4 is 25.3 Å². The molecule has 2 aliphatic rings. The van der Waals surface area contributed by atoms with Crippen molar-refractivity contribution in [3.05, 3.63) is 72.8 Å². The minimum atomic E-state index is -2.32. The van der Waals surface area contributed by atoms with Crippen LogP contribution in [0.4, 0.5) is 10.5 Å². The summed E-state index contributed by atoms with van der Waals surface area (Å²) in [4.78, 5) is 13.2. The molecule has 0 spiro atoms. The van der Waals surface area contributed by atoms with Gasteiger partial charge in [0.15, 0.2) is 22.1 Å². The van der Waals surface area contributed by atoms with Crippen molar-refractivity contribution in [2.24, 2.45) is 0 Å². The van der Waals surface area contributed by atoms with Crippen LogP contribution >= 0.6 is 7.41 Å². The van der Waals surface area contributed by atoms with E-state index in [9.17, 15) is 4.79 Å². The first-order chi connectivity index (χ1) is 13.1. The smallest absolute Gasteiger partial charge is 0.448 e. The maximum absolute atomic E-state index is 13.2. The zero-order valence-electron chi connectivity index (χ0n) is 15.1. The zero-order chi connectivity index (χ0) is 18.6. The van der Waals surface area contributed by atoms with Gasteiger partial charge in [-0.05, 0) is 50.2 Å². The molecule has 134 valence electrons. The SMILES string of the molecule is CC(C)OC(=O)N1c2cccc3c2[P+]1(c1ccccc1)c1ccccc1O3. The molecule has 4 nitrogen and oxygen atoms in total. The monoisotopic (exact) mass is 376 g/mol. The molecule has 3 aromatic rings. The highest BCUT2D eigenvalue weighted by molar-refractivity contribution is 8.00. The molecule has 2 heterocycles. The number of para-hydroxylation sites is 1. The second-order valence-electron chi connectivity index (χ2n) is 6.91. The molecule has 0 fully saturated rings. The fourth-order valence-corrected chi connectivity index (χ4v) is 8.31. The third kappa shape index (κ3) is 2.11. The van der Waals surface area contributed by atoms with Crippen LogP contribution in [0.25, 0.3) is 0 Å². The Hall–Kier alpha value is -2.84. The van der Waals surface area contributed by atoms with E-state index in [0.29, 0.717) is 0 Å². The van der Waals surface area contributed by atoms with Crippen molar-refractivity contribution >= 4 is 35.1 Å². The number of hydrogen-bond acceptors (Lipinski definition) is 3. The van der Waals surface area contributed by atoms with E-state index in [4.69, 9.17) is 9.47 Å². The van der Waals surface area contributed by atoms with Gasteiger partial charge in [0.25, 0.3) is 0 Å². The summed E-state index contributed by atoms with van der Waals surface area (Å²) in [6.45, 7) is 3.75. The van der Waals surface area contributed by atoms with Gasteiger partial charge < -0.3 is 9.47 Å². The summed E-state index contributed by atoms with van der Waals surface area (Å²) in [6.07, 6.45) is -0.486. The normalized spacial score (nSPS) is 18.9. The van der Waals surface area contributed by atoms with E-state index >= 15 is 0 Å². The van der Waals surface area contributed by atoms with E-state index in [1.165, 1.54) is 0 Å². The van der Waals surface area contributed by atoms with Crippen LogP contribution in [0.2, 0.25) is 0 Å². The minimum absolute atomic E-state index is 0.183. The molecule has 1 unspecified atom stereocenters. The lowest BCUT2D eigenvalue weighted by molar-refractivity contribution is 0.126. The van der Waals surface area contributed by atoms with Gasteiger partial charge in [-0.2, -0.15) is 0 Å². The first-order valence-electron chi connectivity index (χ1n) is 9.01. The topological polar surface area (TPSA) is 38.8 Å². The van der Waals surface area contributed by atoms with Gasteiger partial charge in [-0.3, -0.25) is 0 Å². The van der Waals surface area contributed by atoms with Crippen molar-refractivity contribution in [1.29, 1.82) is 0 Å². The summed E-state index contributed by atoms with van der Waals surface area (Å²) in [6, 6.07) is 24.1. The lowest BCUT2D eigenvalue weighted by Crippen LogP contribution is -2.57. The van der Waals surface area contributed by atoms with Gasteiger partial charge in [0.05, 0.1) is 6.10 Å². The third-order valence-corrected chi connectivity index (χ3v) is 9.09. The third-order valence-electron chi connectivity index (χ3n) is 4.90. The van der Waals surface area contributed by atoms with Crippen molar-refractivity contribution in [2.75, 3.05) is 4.67 Å². The number of hydrogen-bond donors (Lipinski definition) is 0. The molecule has 0 N–H and O–H groups in total. The first kappa shape index (κ1) is 16.3. The average molecular weight is 376 g/mol. The highest BCUT2D eigenvalue weighted by Crippen LogP contribution is 2.73. The molecule has 0 aliphatic carbocycles. The van der Waals surface area contributed by atoms with Crippen molar-refractivity contribution in [3.63, 3.8) is 0 Å². The molecule has 3 aromatic carbocycles. The van der Waals surface area contributed by atoms with Crippen molar-refractivity contribution < 1.29 is 14.3 Å². The number of rotatable bonds is 2. The lowest BCUT2D eigenvalue weighted by atomic mass is 10.2. The molecule has 1 atom stereocenters. The fourth-order valence-electron chi connectivity index (χ4n) is 3.96. The largest absolute Gasteiger partial charge is 0.449 e. The Balaban J connectivity index is 1.84. The van der Waals surface area contributed by atoms with Crippen LogP contribution in [0.15, 0.2) is 72.8 Å². The predicted octanol–water partition coefficient (Wildman–Crippen LogP) is 4.37. The van der Waals surface area contributed by atoms with E-state index in [1.54, 1.807) is 0 Å². The Kier molecular flexibility index (Phi) is 3.53. The molecular formula is C22H19NO3P+. The van der Waals surface area contributed by atoms with Gasteiger partial charge in [0, 0.05) is 0 Å². The Morgan fingerprint density at radius 3 is 2.41 bits per heavy atom. The summed E-state index contributed by atoms with van der Waals surface area (Å²) in [7, 11) is -2.32. The Morgan fingerprint density at radius 2 is 1.63 bits per heavy atom. The Labute approximate surface area is 158 Å². The standard InChI is InChI=1S/C22H19NO3P/c1-15(2)25-22(24)23-17-11-8-13-19-21(17)27(23,16-9-4-3-5-10-16)20-14-7-6-12-18(20)26-19/h3-15H,1-2H3/q+1. The van der Waals surface area contributed by atoms with Gasteiger partial charge >= 0.3 is 6.09 Å². The molecule has 0 radical (unpaired) electrons. The summed E-state index contributed by atoms with van der Waals surface area (Å²) in [5.74, 6) is 1.64. The van der Waals surface area contributed by atoms with Gasteiger partial charge in [0.1, 0.15) is 11.0 Å². The number of carbonyl (C=O) groups excluding carboxylic acids is 1. The number of nitrogens with zero attached hydrogens (tertiary/aromatic N) is 1. The number of amides is 1. The predicted molar refractivity (Wildman–Crippen MR) is 109 cm³/mol. The van der Waals surface area contributed by atoms with Crippen molar-refractivity contribution in [2.45, 2.75) is 20.0 Å². The Bertz CT molecular complexity index is 1050. The summed E-state index contributed by atoms with van der Waals surface area (Å²) < 4.78 is 13.7. The first-order valence-corrected chi connectivity index (χ1v) is 10.7. The van der Waals surface area contributed by atoms with Crippen LogP contribution in [0.3, 0.4) is 0 Å². The highest BCUT2D eigenvalue weighted by Gasteiger charge is 2.70. The van der Waals surface area contributed by atoms with Crippen LogP contribution in [-0.4, -0.2) is 12.2 Å². The van der Waals surface area contributed by atoms with Crippen molar-refractivity contribution in [3.8, 4) is 11.5 Å². The molecule has 5 heteroatoms. The summed E-state index contributed by atoms with van der Waals surface area (Å²) in [5.41, 5.74) is 0.879. The van der Waals surface area contributed by atoms with Crippen molar-refractivity contribution in [1.82, 2.24) is 0 Å². The van der Waals surface area contributed by atoms with Crippen LogP contribution in [0.1, 0.15) is 13.8 Å². The van der Waals surface area contributed by atoms with Gasteiger partial charge in [0.2, 0.25) is 7.41 Å². The van der Waals surface area contributed by atoms with Gasteiger partial charge in [-0.1, -0.05) is 36.4 Å². The van der Waals surface area contributed by atoms with Crippen LogP contribution in [0.5, 0.6) is 11.5 Å². The van der Waals surface area contributed by atoms with E-state index < -0.39 is 7.41 Å². The maximum atomic E-state index is 13.2. The van der Waals surface area contributed by atoms with Crippen LogP contribution in [0, 0.1) is 0 Å². The fraction of sp³-hybridized carbons (Fsp3) is 0.136. The summed E-state index contributed by atoms with van der Waals surface area (Å²) >= 11 is 0. The van der Waals surface area contributed by atoms with Gasteiger partial charge in [-0.15, -0.1) is 4.67 Å². The summed E-state index contributed by atoms with van der Waals surface area (Å²) in [5, 5.41) is 3.31. The average Bonchev–Trinajstić information content (AvgIpc) is 2.65. The molecule has 0 saturated heterocycles. The molecule has 0 aromatic heterocycles. The quantitative estimate of drug-likeness (QED) is 0.624. The number of benzene rings is 3. The molecule has 0 saturated carbocycles. The van der Waals surface area contributed by atoms with Crippen LogP contribution in [-0.2, 0) is 4.74 Å². The molecular weight excluding hydrogens is 357 g/mol.